The molecule has 21 heavy (non-hydrogen) atoms. The summed E-state index contributed by atoms with van der Waals surface area (Å²) in [6.45, 7) is 1.59. The Morgan fingerprint density at radius 1 is 1.05 bits per heavy atom. The van der Waals surface area contributed by atoms with Gasteiger partial charge < -0.3 is 10.6 Å². The van der Waals surface area contributed by atoms with Crippen LogP contribution in [0.25, 0.3) is 10.8 Å². The van der Waals surface area contributed by atoms with Gasteiger partial charge in [-0.3, -0.25) is 4.79 Å². The molecule has 1 amide bonds. The Balaban J connectivity index is 0.00000220. The summed E-state index contributed by atoms with van der Waals surface area (Å²) >= 11 is 0. The standard InChI is InChI=1S/C17H22N2O.ClH/c1-18-12-5-10-17(20)19-13-11-15-8-4-7-14-6-2-3-9-16(14)15;/h2-4,6-9,18H,5,10-13H2,1H3,(H,19,20);1H. The van der Waals surface area contributed by atoms with Gasteiger partial charge in [-0.2, -0.15) is 0 Å². The Morgan fingerprint density at radius 3 is 2.62 bits per heavy atom. The molecule has 0 fully saturated rings. The molecule has 0 aliphatic rings. The molecule has 2 aromatic carbocycles. The molecule has 114 valence electrons. The summed E-state index contributed by atoms with van der Waals surface area (Å²) in [5.74, 6) is 0.139. The number of nitrogens with one attached hydrogen (secondary N) is 2. The van der Waals surface area contributed by atoms with E-state index in [9.17, 15) is 4.79 Å². The van der Waals surface area contributed by atoms with Gasteiger partial charge in [-0.15, -0.1) is 12.4 Å². The molecular weight excluding hydrogens is 284 g/mol. The zero-order chi connectivity index (χ0) is 14.2. The van der Waals surface area contributed by atoms with Crippen molar-refractivity contribution in [1.29, 1.82) is 0 Å². The summed E-state index contributed by atoms with van der Waals surface area (Å²) in [6.07, 6.45) is 2.35. The lowest BCUT2D eigenvalue weighted by Gasteiger charge is -2.08. The normalized spacial score (nSPS) is 10.1. The van der Waals surface area contributed by atoms with Gasteiger partial charge in [-0.05, 0) is 42.8 Å². The van der Waals surface area contributed by atoms with Crippen molar-refractivity contribution >= 4 is 29.1 Å². The van der Waals surface area contributed by atoms with Crippen LogP contribution in [0.1, 0.15) is 18.4 Å². The number of carbonyl (C=O) groups is 1. The molecule has 0 radical (unpaired) electrons. The van der Waals surface area contributed by atoms with Crippen LogP contribution in [-0.4, -0.2) is 26.0 Å². The van der Waals surface area contributed by atoms with Gasteiger partial charge in [0.15, 0.2) is 0 Å². The van der Waals surface area contributed by atoms with E-state index in [1.165, 1.54) is 16.3 Å². The van der Waals surface area contributed by atoms with Gasteiger partial charge in [0.25, 0.3) is 0 Å². The smallest absolute Gasteiger partial charge is 0.220 e. The second-order valence-corrected chi connectivity index (χ2v) is 4.95. The monoisotopic (exact) mass is 306 g/mol. The average Bonchev–Trinajstić information content (AvgIpc) is 2.48. The second kappa shape index (κ2) is 9.37. The molecule has 0 heterocycles. The van der Waals surface area contributed by atoms with E-state index in [1.54, 1.807) is 0 Å². The Bertz CT molecular complexity index is 566. The van der Waals surface area contributed by atoms with Gasteiger partial charge in [-0.25, -0.2) is 0 Å². The summed E-state index contributed by atoms with van der Waals surface area (Å²) < 4.78 is 0. The minimum absolute atomic E-state index is 0. The van der Waals surface area contributed by atoms with Crippen molar-refractivity contribution in [3.8, 4) is 0 Å². The third kappa shape index (κ3) is 5.37. The first-order valence-electron chi connectivity index (χ1n) is 7.19. The fourth-order valence-electron chi connectivity index (χ4n) is 2.36. The van der Waals surface area contributed by atoms with E-state index in [0.717, 1.165) is 19.4 Å². The number of fused-ring (bicyclic) bond motifs is 1. The number of benzene rings is 2. The maximum absolute atomic E-state index is 11.6. The maximum Gasteiger partial charge on any atom is 0.220 e. The molecule has 4 heteroatoms. The number of halogens is 1. The first-order valence-corrected chi connectivity index (χ1v) is 7.19. The summed E-state index contributed by atoms with van der Waals surface area (Å²) in [7, 11) is 1.90. The Kier molecular flexibility index (Phi) is 7.80. The minimum atomic E-state index is 0. The fourth-order valence-corrected chi connectivity index (χ4v) is 2.36. The van der Waals surface area contributed by atoms with Crippen LogP contribution in [0.4, 0.5) is 0 Å². The van der Waals surface area contributed by atoms with Gasteiger partial charge >= 0.3 is 0 Å². The summed E-state index contributed by atoms with van der Waals surface area (Å²) in [5, 5.41) is 8.57. The molecule has 2 rings (SSSR count). The average molecular weight is 307 g/mol. The van der Waals surface area contributed by atoms with Gasteiger partial charge in [0, 0.05) is 13.0 Å². The van der Waals surface area contributed by atoms with Crippen molar-refractivity contribution < 1.29 is 4.79 Å². The first-order chi connectivity index (χ1) is 9.81. The predicted molar refractivity (Wildman–Crippen MR) is 91.1 cm³/mol. The first kappa shape index (κ1) is 17.5. The lowest BCUT2D eigenvalue weighted by atomic mass is 10.0. The van der Waals surface area contributed by atoms with Crippen molar-refractivity contribution in [2.24, 2.45) is 0 Å². The number of amides is 1. The SMILES string of the molecule is CNCCCC(=O)NCCc1cccc2ccccc12.Cl. The third-order valence-electron chi connectivity index (χ3n) is 3.43. The van der Waals surface area contributed by atoms with Crippen LogP contribution in [0.5, 0.6) is 0 Å². The lowest BCUT2D eigenvalue weighted by molar-refractivity contribution is -0.121. The highest BCUT2D eigenvalue weighted by atomic mass is 35.5. The fraction of sp³-hybridized carbons (Fsp3) is 0.353. The highest BCUT2D eigenvalue weighted by Crippen LogP contribution is 2.18. The molecule has 3 nitrogen and oxygen atoms in total. The van der Waals surface area contributed by atoms with Gasteiger partial charge in [0.2, 0.25) is 5.91 Å². The Labute approximate surface area is 132 Å². The predicted octanol–water partition coefficient (Wildman–Crippen LogP) is 2.92. The lowest BCUT2D eigenvalue weighted by Crippen LogP contribution is -2.26. The summed E-state index contributed by atoms with van der Waals surface area (Å²) in [6, 6.07) is 14.7. The van der Waals surface area contributed by atoms with E-state index >= 15 is 0 Å². The zero-order valence-electron chi connectivity index (χ0n) is 12.4. The highest BCUT2D eigenvalue weighted by molar-refractivity contribution is 5.86. The summed E-state index contributed by atoms with van der Waals surface area (Å²) in [5.41, 5.74) is 1.29. The molecule has 2 aromatic rings. The molecule has 0 saturated carbocycles. The molecule has 0 saturated heterocycles. The van der Waals surface area contributed by atoms with Gasteiger partial charge in [0.05, 0.1) is 0 Å². The van der Waals surface area contributed by atoms with Crippen molar-refractivity contribution in [2.75, 3.05) is 20.1 Å². The molecule has 0 aliphatic carbocycles. The van der Waals surface area contributed by atoms with Crippen LogP contribution in [0.3, 0.4) is 0 Å². The van der Waals surface area contributed by atoms with Crippen molar-refractivity contribution in [1.82, 2.24) is 10.6 Å². The highest BCUT2D eigenvalue weighted by Gasteiger charge is 2.02. The Hall–Kier alpha value is -1.58. The molecule has 0 aromatic heterocycles. The van der Waals surface area contributed by atoms with E-state index < -0.39 is 0 Å². The third-order valence-corrected chi connectivity index (χ3v) is 3.43. The van der Waals surface area contributed by atoms with Gasteiger partial charge in [-0.1, -0.05) is 42.5 Å². The van der Waals surface area contributed by atoms with E-state index in [2.05, 4.69) is 53.1 Å². The molecule has 2 N–H and O–H groups in total. The summed E-state index contributed by atoms with van der Waals surface area (Å²) in [4.78, 5) is 11.6. The van der Waals surface area contributed by atoms with E-state index in [1.807, 2.05) is 7.05 Å². The van der Waals surface area contributed by atoms with Crippen LogP contribution in [0.15, 0.2) is 42.5 Å². The van der Waals surface area contributed by atoms with E-state index in [4.69, 9.17) is 0 Å². The molecule has 0 unspecified atom stereocenters. The molecule has 0 aliphatic heterocycles. The number of carbonyl (C=O) groups excluding carboxylic acids is 1. The van der Waals surface area contributed by atoms with Crippen LogP contribution in [-0.2, 0) is 11.2 Å². The van der Waals surface area contributed by atoms with Crippen LogP contribution in [0, 0.1) is 0 Å². The van der Waals surface area contributed by atoms with Crippen molar-refractivity contribution in [3.63, 3.8) is 0 Å². The second-order valence-electron chi connectivity index (χ2n) is 4.95. The van der Waals surface area contributed by atoms with Crippen LogP contribution >= 0.6 is 12.4 Å². The molecule has 0 spiro atoms. The number of hydrogen-bond acceptors (Lipinski definition) is 2. The van der Waals surface area contributed by atoms with Crippen LogP contribution in [0.2, 0.25) is 0 Å². The van der Waals surface area contributed by atoms with Gasteiger partial charge in [0.1, 0.15) is 0 Å². The maximum atomic E-state index is 11.6. The molecule has 0 bridgehead atoms. The minimum Gasteiger partial charge on any atom is -0.356 e. The zero-order valence-corrected chi connectivity index (χ0v) is 13.2. The largest absolute Gasteiger partial charge is 0.356 e. The van der Waals surface area contributed by atoms with Crippen molar-refractivity contribution in [3.05, 3.63) is 48.0 Å². The Morgan fingerprint density at radius 2 is 1.81 bits per heavy atom. The molecule has 0 atom stereocenters. The van der Waals surface area contributed by atoms with E-state index in [-0.39, 0.29) is 18.3 Å². The quantitative estimate of drug-likeness (QED) is 0.772. The van der Waals surface area contributed by atoms with E-state index in [0.29, 0.717) is 13.0 Å². The molecular formula is C17H23ClN2O. The van der Waals surface area contributed by atoms with Crippen molar-refractivity contribution in [2.45, 2.75) is 19.3 Å². The topological polar surface area (TPSA) is 41.1 Å². The number of hydrogen-bond donors (Lipinski definition) is 2. The van der Waals surface area contributed by atoms with Crippen LogP contribution < -0.4 is 10.6 Å². The number of rotatable bonds is 7.